The molecule has 1 aliphatic heterocycles. The van der Waals surface area contributed by atoms with E-state index in [1.165, 1.54) is 6.07 Å². The number of amides is 1. The maximum Gasteiger partial charge on any atom is 0.250 e. The molecule has 2 atom stereocenters. The molecule has 1 fully saturated rings. The van der Waals surface area contributed by atoms with Gasteiger partial charge in [0.05, 0.1) is 11.1 Å². The molecule has 1 aliphatic rings. The highest BCUT2D eigenvalue weighted by atomic mass is 19.1. The van der Waals surface area contributed by atoms with Crippen LogP contribution in [-0.4, -0.2) is 35.0 Å². The van der Waals surface area contributed by atoms with Crippen molar-refractivity contribution in [1.29, 1.82) is 0 Å². The lowest BCUT2D eigenvalue weighted by Gasteiger charge is -2.34. The number of piperidine rings is 1. The number of aromatic nitrogens is 2. The van der Waals surface area contributed by atoms with Crippen LogP contribution in [0.2, 0.25) is 0 Å². The number of rotatable bonds is 4. The van der Waals surface area contributed by atoms with Crippen LogP contribution >= 0.6 is 0 Å². The van der Waals surface area contributed by atoms with Crippen molar-refractivity contribution in [2.24, 2.45) is 5.73 Å². The standard InChI is InChI=1S/C21H22FN5O/c1-12-25-19-16(20(23)28)6-3-7-17(19)21(26-12)27-18-11-24-9-8-15(18)13-4-2-5-14(22)10-13/h2-7,10,15,18,24H,8-9,11H2,1H3,(H2,23,28)(H,25,26,27). The second kappa shape index (κ2) is 7.52. The SMILES string of the molecule is Cc1nc(NC2CNCCC2c2cccc(F)c2)c2cccc(C(N)=O)c2n1. The second-order valence-electron chi connectivity index (χ2n) is 7.09. The van der Waals surface area contributed by atoms with Gasteiger partial charge in [0, 0.05) is 23.9 Å². The summed E-state index contributed by atoms with van der Waals surface area (Å²) < 4.78 is 13.8. The van der Waals surface area contributed by atoms with Crippen molar-refractivity contribution in [3.63, 3.8) is 0 Å². The molecule has 6 nitrogen and oxygen atoms in total. The second-order valence-corrected chi connectivity index (χ2v) is 7.09. The van der Waals surface area contributed by atoms with Gasteiger partial charge in [-0.25, -0.2) is 14.4 Å². The number of anilines is 1. The summed E-state index contributed by atoms with van der Waals surface area (Å²) in [5.41, 5.74) is 7.38. The molecule has 2 heterocycles. The zero-order valence-corrected chi connectivity index (χ0v) is 15.6. The van der Waals surface area contributed by atoms with Crippen molar-refractivity contribution in [1.82, 2.24) is 15.3 Å². The molecule has 7 heteroatoms. The zero-order valence-electron chi connectivity index (χ0n) is 15.6. The summed E-state index contributed by atoms with van der Waals surface area (Å²) in [5.74, 6) is 0.591. The van der Waals surface area contributed by atoms with Crippen molar-refractivity contribution in [2.75, 3.05) is 18.4 Å². The molecule has 4 N–H and O–H groups in total. The molecular weight excluding hydrogens is 357 g/mol. The smallest absolute Gasteiger partial charge is 0.250 e. The van der Waals surface area contributed by atoms with Crippen LogP contribution in [0.4, 0.5) is 10.2 Å². The van der Waals surface area contributed by atoms with Crippen molar-refractivity contribution in [2.45, 2.75) is 25.3 Å². The number of nitrogens with one attached hydrogen (secondary N) is 2. The van der Waals surface area contributed by atoms with Gasteiger partial charge in [-0.2, -0.15) is 0 Å². The molecule has 0 spiro atoms. The number of para-hydroxylation sites is 1. The Labute approximate surface area is 162 Å². The van der Waals surface area contributed by atoms with E-state index >= 15 is 0 Å². The van der Waals surface area contributed by atoms with Crippen molar-refractivity contribution in [3.8, 4) is 0 Å². The number of benzene rings is 2. The number of primary amides is 1. The fraction of sp³-hybridized carbons (Fsp3) is 0.286. The molecule has 28 heavy (non-hydrogen) atoms. The highest BCUT2D eigenvalue weighted by Gasteiger charge is 2.27. The van der Waals surface area contributed by atoms with E-state index in [2.05, 4.69) is 20.6 Å². The summed E-state index contributed by atoms with van der Waals surface area (Å²) in [6, 6.07) is 12.1. The fourth-order valence-electron chi connectivity index (χ4n) is 3.89. The molecule has 1 amide bonds. The number of aryl methyl sites for hydroxylation is 1. The highest BCUT2D eigenvalue weighted by molar-refractivity contribution is 6.07. The van der Waals surface area contributed by atoms with E-state index in [1.54, 1.807) is 31.2 Å². The van der Waals surface area contributed by atoms with Gasteiger partial charge in [0.1, 0.15) is 17.5 Å². The van der Waals surface area contributed by atoms with Gasteiger partial charge >= 0.3 is 0 Å². The van der Waals surface area contributed by atoms with Crippen LogP contribution in [0, 0.1) is 12.7 Å². The average Bonchev–Trinajstić information content (AvgIpc) is 2.68. The number of fused-ring (bicyclic) bond motifs is 1. The monoisotopic (exact) mass is 379 g/mol. The molecule has 144 valence electrons. The molecule has 1 saturated heterocycles. The molecule has 2 aromatic carbocycles. The molecule has 0 aliphatic carbocycles. The minimum atomic E-state index is -0.522. The summed E-state index contributed by atoms with van der Waals surface area (Å²) in [4.78, 5) is 20.8. The third-order valence-electron chi connectivity index (χ3n) is 5.18. The van der Waals surface area contributed by atoms with Gasteiger partial charge in [0.25, 0.3) is 5.91 Å². The number of carbonyl (C=O) groups is 1. The summed E-state index contributed by atoms with van der Waals surface area (Å²) in [5, 5.41) is 7.64. The van der Waals surface area contributed by atoms with Gasteiger partial charge in [-0.05, 0) is 49.7 Å². The van der Waals surface area contributed by atoms with Gasteiger partial charge in [0.15, 0.2) is 0 Å². The normalized spacial score (nSPS) is 19.5. The molecule has 0 radical (unpaired) electrons. The van der Waals surface area contributed by atoms with E-state index in [-0.39, 0.29) is 17.8 Å². The zero-order chi connectivity index (χ0) is 19.7. The van der Waals surface area contributed by atoms with Crippen LogP contribution in [0.25, 0.3) is 10.9 Å². The average molecular weight is 379 g/mol. The van der Waals surface area contributed by atoms with Crippen molar-refractivity contribution in [3.05, 3.63) is 65.2 Å². The lowest BCUT2D eigenvalue weighted by atomic mass is 9.86. The third kappa shape index (κ3) is 3.53. The van der Waals surface area contributed by atoms with Crippen LogP contribution in [0.5, 0.6) is 0 Å². The van der Waals surface area contributed by atoms with Gasteiger partial charge in [-0.15, -0.1) is 0 Å². The number of carbonyl (C=O) groups excluding carboxylic acids is 1. The topological polar surface area (TPSA) is 92.9 Å². The van der Waals surface area contributed by atoms with E-state index in [1.807, 2.05) is 12.1 Å². The molecule has 3 aromatic rings. The van der Waals surface area contributed by atoms with Crippen LogP contribution in [0.3, 0.4) is 0 Å². The molecule has 0 bridgehead atoms. The number of halogens is 1. The predicted octanol–water partition coefficient (Wildman–Crippen LogP) is 2.73. The Bertz CT molecular complexity index is 1040. The summed E-state index contributed by atoms with van der Waals surface area (Å²) in [6.07, 6.45) is 0.885. The van der Waals surface area contributed by atoms with Crippen LogP contribution < -0.4 is 16.4 Å². The molecule has 0 saturated carbocycles. The Morgan fingerprint density at radius 3 is 2.86 bits per heavy atom. The van der Waals surface area contributed by atoms with Gasteiger partial charge in [0.2, 0.25) is 0 Å². The van der Waals surface area contributed by atoms with E-state index in [4.69, 9.17) is 5.73 Å². The highest BCUT2D eigenvalue weighted by Crippen LogP contribution is 2.30. The number of hydrogen-bond donors (Lipinski definition) is 3. The van der Waals surface area contributed by atoms with E-state index < -0.39 is 5.91 Å². The minimum Gasteiger partial charge on any atom is -0.366 e. The van der Waals surface area contributed by atoms with E-state index in [0.29, 0.717) is 22.7 Å². The summed E-state index contributed by atoms with van der Waals surface area (Å²) >= 11 is 0. The number of hydrogen-bond acceptors (Lipinski definition) is 5. The summed E-state index contributed by atoms with van der Waals surface area (Å²) in [7, 11) is 0. The van der Waals surface area contributed by atoms with Crippen LogP contribution in [0.15, 0.2) is 42.5 Å². The molecule has 2 unspecified atom stereocenters. The lowest BCUT2D eigenvalue weighted by molar-refractivity contribution is 0.100. The fourth-order valence-corrected chi connectivity index (χ4v) is 3.89. The number of nitrogens with two attached hydrogens (primary N) is 1. The van der Waals surface area contributed by atoms with Crippen molar-refractivity contribution < 1.29 is 9.18 Å². The maximum atomic E-state index is 13.8. The Morgan fingerprint density at radius 2 is 2.07 bits per heavy atom. The Kier molecular flexibility index (Phi) is 4.92. The van der Waals surface area contributed by atoms with E-state index in [9.17, 15) is 9.18 Å². The maximum absolute atomic E-state index is 13.8. The van der Waals surface area contributed by atoms with Gasteiger partial charge in [-0.1, -0.05) is 18.2 Å². The quantitative estimate of drug-likeness (QED) is 0.648. The largest absolute Gasteiger partial charge is 0.366 e. The minimum absolute atomic E-state index is 0.0188. The lowest BCUT2D eigenvalue weighted by Crippen LogP contribution is -2.44. The van der Waals surface area contributed by atoms with Gasteiger partial charge in [-0.3, -0.25) is 4.79 Å². The molecule has 1 aromatic heterocycles. The Morgan fingerprint density at radius 1 is 1.25 bits per heavy atom. The third-order valence-corrected chi connectivity index (χ3v) is 5.18. The predicted molar refractivity (Wildman–Crippen MR) is 107 cm³/mol. The van der Waals surface area contributed by atoms with E-state index in [0.717, 1.165) is 30.5 Å². The first-order chi connectivity index (χ1) is 13.5. The molecule has 4 rings (SSSR count). The first-order valence-electron chi connectivity index (χ1n) is 9.33. The first-order valence-corrected chi connectivity index (χ1v) is 9.33. The van der Waals surface area contributed by atoms with Crippen LogP contribution in [-0.2, 0) is 0 Å². The van der Waals surface area contributed by atoms with Crippen LogP contribution in [0.1, 0.15) is 34.1 Å². The Hall–Kier alpha value is -3.06. The first kappa shape index (κ1) is 18.3. The number of nitrogens with zero attached hydrogens (tertiary/aromatic N) is 2. The Balaban J connectivity index is 1.74. The van der Waals surface area contributed by atoms with Crippen molar-refractivity contribution >= 4 is 22.6 Å². The summed E-state index contributed by atoms with van der Waals surface area (Å²) in [6.45, 7) is 3.38. The van der Waals surface area contributed by atoms with Gasteiger partial charge < -0.3 is 16.4 Å². The molecular formula is C21H22FN5O.